The lowest BCUT2D eigenvalue weighted by atomic mass is 9.70. The highest BCUT2D eigenvalue weighted by Gasteiger charge is 2.48. The first kappa shape index (κ1) is 15.9. The number of aldehydes is 1. The molecule has 2 atom stereocenters. The van der Waals surface area contributed by atoms with Gasteiger partial charge >= 0.3 is 0 Å². The number of hydrogen-bond acceptors (Lipinski definition) is 4. The fourth-order valence-electron chi connectivity index (χ4n) is 3.48. The fraction of sp³-hybridized carbons (Fsp3) is 0.529. The maximum absolute atomic E-state index is 12.5. The number of aliphatic hydroxyl groups excluding tert-OH is 1. The zero-order valence-corrected chi connectivity index (χ0v) is 13.0. The molecular weight excluding hydrogens is 266 g/mol. The molecule has 4 nitrogen and oxygen atoms in total. The number of hydrogen-bond donors (Lipinski definition) is 2. The predicted octanol–water partition coefficient (Wildman–Crippen LogP) is 2.27. The Balaban J connectivity index is 2.30. The molecule has 0 radical (unpaired) electrons. The Morgan fingerprint density at radius 2 is 1.81 bits per heavy atom. The Morgan fingerprint density at radius 1 is 1.24 bits per heavy atom. The standard InChI is InChI=1S/C17H23NO3/c1-16(2)9-13(20)14(17(3,4)18-16)15(21)12-7-5-11(10-19)6-8-12/h5-8,10,14-15,18,21H,9H2,1-4H3. The van der Waals surface area contributed by atoms with Crippen LogP contribution >= 0.6 is 0 Å². The molecular formula is C17H23NO3. The molecule has 1 aromatic carbocycles. The topological polar surface area (TPSA) is 66.4 Å². The maximum atomic E-state index is 12.5. The molecule has 0 aliphatic carbocycles. The van der Waals surface area contributed by atoms with Crippen molar-refractivity contribution < 1.29 is 14.7 Å². The van der Waals surface area contributed by atoms with E-state index < -0.39 is 17.6 Å². The van der Waals surface area contributed by atoms with Crippen LogP contribution in [0.5, 0.6) is 0 Å². The molecule has 2 unspecified atom stereocenters. The summed E-state index contributed by atoms with van der Waals surface area (Å²) in [6.07, 6.45) is 0.275. The molecule has 0 amide bonds. The minimum absolute atomic E-state index is 0.0655. The van der Waals surface area contributed by atoms with Gasteiger partial charge in [0.15, 0.2) is 0 Å². The largest absolute Gasteiger partial charge is 0.388 e. The second-order valence-corrected chi connectivity index (χ2v) is 7.08. The van der Waals surface area contributed by atoms with Crippen LogP contribution in [0.3, 0.4) is 0 Å². The molecule has 1 saturated heterocycles. The summed E-state index contributed by atoms with van der Waals surface area (Å²) in [7, 11) is 0. The van der Waals surface area contributed by atoms with Crippen LogP contribution in [0.1, 0.15) is 56.1 Å². The third kappa shape index (κ3) is 3.22. The van der Waals surface area contributed by atoms with Gasteiger partial charge in [0.1, 0.15) is 12.1 Å². The number of carbonyl (C=O) groups is 2. The Hall–Kier alpha value is -1.52. The summed E-state index contributed by atoms with van der Waals surface area (Å²) in [6.45, 7) is 7.88. The van der Waals surface area contributed by atoms with E-state index in [9.17, 15) is 14.7 Å². The van der Waals surface area contributed by atoms with Crippen molar-refractivity contribution in [1.29, 1.82) is 0 Å². The molecule has 0 aromatic heterocycles. The van der Waals surface area contributed by atoms with Gasteiger partial charge in [0, 0.05) is 23.1 Å². The summed E-state index contributed by atoms with van der Waals surface area (Å²) in [6, 6.07) is 6.72. The van der Waals surface area contributed by atoms with Gasteiger partial charge in [-0.3, -0.25) is 9.59 Å². The van der Waals surface area contributed by atoms with Gasteiger partial charge in [-0.15, -0.1) is 0 Å². The number of carbonyl (C=O) groups excluding carboxylic acids is 2. The zero-order chi connectivity index (χ0) is 15.8. The average Bonchev–Trinajstić information content (AvgIpc) is 2.35. The molecule has 0 bridgehead atoms. The van der Waals surface area contributed by atoms with Crippen molar-refractivity contribution >= 4 is 12.1 Å². The quantitative estimate of drug-likeness (QED) is 0.838. The van der Waals surface area contributed by atoms with Gasteiger partial charge in [-0.25, -0.2) is 0 Å². The smallest absolute Gasteiger partial charge is 0.150 e. The monoisotopic (exact) mass is 289 g/mol. The molecule has 1 aromatic rings. The van der Waals surface area contributed by atoms with Crippen LogP contribution in [-0.2, 0) is 4.79 Å². The number of nitrogens with one attached hydrogen (secondary N) is 1. The Labute approximate surface area is 125 Å². The molecule has 2 rings (SSSR count). The Morgan fingerprint density at radius 3 is 2.29 bits per heavy atom. The van der Waals surface area contributed by atoms with Gasteiger partial charge in [0.05, 0.1) is 12.0 Å². The molecule has 4 heteroatoms. The first-order valence-electron chi connectivity index (χ1n) is 7.21. The summed E-state index contributed by atoms with van der Waals surface area (Å²) in [5, 5.41) is 14.1. The van der Waals surface area contributed by atoms with E-state index in [1.807, 2.05) is 27.7 Å². The van der Waals surface area contributed by atoms with Crippen LogP contribution in [0.2, 0.25) is 0 Å². The number of aliphatic hydroxyl groups is 1. The minimum atomic E-state index is -0.878. The molecule has 21 heavy (non-hydrogen) atoms. The van der Waals surface area contributed by atoms with E-state index in [0.717, 1.165) is 6.29 Å². The van der Waals surface area contributed by atoms with Crippen molar-refractivity contribution in [3.63, 3.8) is 0 Å². The lowest BCUT2D eigenvalue weighted by molar-refractivity contribution is -0.136. The molecule has 0 saturated carbocycles. The Bertz CT molecular complexity index is 546. The Kier molecular flexibility index (Phi) is 4.04. The van der Waals surface area contributed by atoms with Crippen LogP contribution in [0.4, 0.5) is 0 Å². The zero-order valence-electron chi connectivity index (χ0n) is 13.0. The minimum Gasteiger partial charge on any atom is -0.388 e. The molecule has 0 spiro atoms. The molecule has 1 aliphatic heterocycles. The first-order valence-corrected chi connectivity index (χ1v) is 7.21. The third-order valence-corrected chi connectivity index (χ3v) is 4.13. The van der Waals surface area contributed by atoms with Crippen LogP contribution in [-0.4, -0.2) is 28.3 Å². The van der Waals surface area contributed by atoms with Gasteiger partial charge in [-0.2, -0.15) is 0 Å². The van der Waals surface area contributed by atoms with Gasteiger partial charge in [0.2, 0.25) is 0 Å². The van der Waals surface area contributed by atoms with Gasteiger partial charge < -0.3 is 10.4 Å². The van der Waals surface area contributed by atoms with Crippen molar-refractivity contribution in [2.24, 2.45) is 5.92 Å². The summed E-state index contributed by atoms with van der Waals surface area (Å²) < 4.78 is 0. The second-order valence-electron chi connectivity index (χ2n) is 7.08. The van der Waals surface area contributed by atoms with Crippen molar-refractivity contribution in [3.05, 3.63) is 35.4 Å². The van der Waals surface area contributed by atoms with Crippen molar-refractivity contribution in [3.8, 4) is 0 Å². The highest BCUT2D eigenvalue weighted by atomic mass is 16.3. The van der Waals surface area contributed by atoms with Crippen LogP contribution in [0, 0.1) is 5.92 Å². The lowest BCUT2D eigenvalue weighted by Crippen LogP contribution is -2.64. The van der Waals surface area contributed by atoms with E-state index in [4.69, 9.17) is 0 Å². The van der Waals surface area contributed by atoms with E-state index in [-0.39, 0.29) is 11.3 Å². The number of rotatable bonds is 3. The fourth-order valence-corrected chi connectivity index (χ4v) is 3.48. The first-order chi connectivity index (χ1) is 9.66. The van der Waals surface area contributed by atoms with E-state index >= 15 is 0 Å². The third-order valence-electron chi connectivity index (χ3n) is 4.13. The van der Waals surface area contributed by atoms with Crippen LogP contribution in [0.15, 0.2) is 24.3 Å². The van der Waals surface area contributed by atoms with Crippen molar-refractivity contribution in [2.45, 2.75) is 51.3 Å². The summed E-state index contributed by atoms with van der Waals surface area (Å²) in [5.74, 6) is -0.441. The highest BCUT2D eigenvalue weighted by molar-refractivity contribution is 5.85. The average molecular weight is 289 g/mol. The van der Waals surface area contributed by atoms with Gasteiger partial charge in [-0.1, -0.05) is 24.3 Å². The van der Waals surface area contributed by atoms with Crippen LogP contribution < -0.4 is 5.32 Å². The predicted molar refractivity (Wildman–Crippen MR) is 81.2 cm³/mol. The second kappa shape index (κ2) is 5.35. The van der Waals surface area contributed by atoms with E-state index in [0.29, 0.717) is 17.5 Å². The number of benzene rings is 1. The number of ketones is 1. The summed E-state index contributed by atoms with van der Waals surface area (Å²) >= 11 is 0. The van der Waals surface area contributed by atoms with Gasteiger partial charge in [0.25, 0.3) is 0 Å². The number of piperidine rings is 1. The normalized spacial score (nSPS) is 25.4. The SMILES string of the molecule is CC1(C)CC(=O)C(C(O)c2ccc(C=O)cc2)C(C)(C)N1. The number of Topliss-reactive ketones (excluding diaryl/α,β-unsaturated/α-hetero) is 1. The molecule has 1 fully saturated rings. The molecule has 1 aliphatic rings. The van der Waals surface area contributed by atoms with Gasteiger partial charge in [-0.05, 0) is 33.3 Å². The summed E-state index contributed by atoms with van der Waals surface area (Å²) in [4.78, 5) is 23.2. The highest BCUT2D eigenvalue weighted by Crippen LogP contribution is 2.38. The van der Waals surface area contributed by atoms with E-state index in [1.54, 1.807) is 24.3 Å². The lowest BCUT2D eigenvalue weighted by Gasteiger charge is -2.48. The molecule has 114 valence electrons. The van der Waals surface area contributed by atoms with Crippen molar-refractivity contribution in [2.75, 3.05) is 0 Å². The van der Waals surface area contributed by atoms with E-state index in [1.165, 1.54) is 0 Å². The van der Waals surface area contributed by atoms with Crippen LogP contribution in [0.25, 0.3) is 0 Å². The molecule has 1 heterocycles. The van der Waals surface area contributed by atoms with Crippen molar-refractivity contribution in [1.82, 2.24) is 5.32 Å². The summed E-state index contributed by atoms with van der Waals surface area (Å²) in [5.41, 5.74) is 0.452. The maximum Gasteiger partial charge on any atom is 0.150 e. The van der Waals surface area contributed by atoms with E-state index in [2.05, 4.69) is 5.32 Å². The molecule has 2 N–H and O–H groups in total.